The number of hydrogen-bond donors (Lipinski definition) is 1. The maximum atomic E-state index is 10.0. The first-order chi connectivity index (χ1) is 5.90. The maximum absolute atomic E-state index is 10.0. The summed E-state index contributed by atoms with van der Waals surface area (Å²) in [5, 5.41) is 10.0. The number of rotatable bonds is 1. The van der Waals surface area contributed by atoms with Crippen LogP contribution in [-0.4, -0.2) is 17.0 Å². The van der Waals surface area contributed by atoms with Crippen LogP contribution in [0.25, 0.3) is 0 Å². The average molecular weight is 348 g/mol. The third kappa shape index (κ3) is 2.45. The van der Waals surface area contributed by atoms with Crippen molar-refractivity contribution in [2.45, 2.75) is 41.8 Å². The fourth-order valence-electron chi connectivity index (χ4n) is 1.72. The molecule has 1 aliphatic rings. The molecule has 76 valence electrons. The molecule has 5 atom stereocenters. The second-order valence-corrected chi connectivity index (χ2v) is 6.15. The summed E-state index contributed by atoms with van der Waals surface area (Å²) in [7, 11) is 0. The summed E-state index contributed by atoms with van der Waals surface area (Å²) >= 11 is 4.18. The summed E-state index contributed by atoms with van der Waals surface area (Å²) in [6.07, 6.45) is 0.218. The topological polar surface area (TPSA) is 29.5 Å². The summed E-state index contributed by atoms with van der Waals surface area (Å²) in [4.78, 5) is 0.993. The van der Waals surface area contributed by atoms with Crippen molar-refractivity contribution in [1.82, 2.24) is 0 Å². The van der Waals surface area contributed by atoms with Gasteiger partial charge in [-0.25, -0.2) is 0 Å². The van der Waals surface area contributed by atoms with E-state index < -0.39 is 5.79 Å². The van der Waals surface area contributed by atoms with Crippen LogP contribution in [0.2, 0.25) is 9.12 Å². The minimum absolute atomic E-state index is 0.217. The molecular weight excluding hydrogens is 332 g/mol. The summed E-state index contributed by atoms with van der Waals surface area (Å²) < 4.78 is 6.23. The Kier molecular flexibility index (Phi) is 4.22. The first-order valence-electron chi connectivity index (χ1n) is 4.54. The Balaban J connectivity index is 2.79. The molecule has 1 N–H and O–H groups in total. The molecule has 1 saturated heterocycles. The Morgan fingerprint density at radius 2 is 2.00 bits per heavy atom. The normalized spacial score (nSPS) is 52.0. The molecule has 1 aliphatic heterocycles. The Morgan fingerprint density at radius 3 is 2.46 bits per heavy atom. The number of ether oxygens (including phenoxy) is 1. The third-order valence-electron chi connectivity index (χ3n) is 3.07. The van der Waals surface area contributed by atoms with E-state index in [1.54, 1.807) is 6.92 Å². The van der Waals surface area contributed by atoms with E-state index in [4.69, 9.17) is 4.74 Å². The van der Waals surface area contributed by atoms with E-state index in [9.17, 15) is 5.11 Å². The molecule has 0 aliphatic carbocycles. The molecule has 4 heteroatoms. The zero-order valence-corrected chi connectivity index (χ0v) is 12.2. The quantitative estimate of drug-likeness (QED) is 0.731. The summed E-state index contributed by atoms with van der Waals surface area (Å²) in [6.45, 7) is 6.05. The molecule has 1 heterocycles. The van der Waals surface area contributed by atoms with Crippen LogP contribution >= 0.6 is 0 Å². The van der Waals surface area contributed by atoms with Crippen LogP contribution in [0.5, 0.6) is 0 Å². The van der Waals surface area contributed by atoms with E-state index in [-0.39, 0.29) is 12.0 Å². The molecule has 1 rings (SSSR count). The molecule has 0 aromatic rings. The van der Waals surface area contributed by atoms with Gasteiger partial charge >= 0.3 is 103 Å². The van der Waals surface area contributed by atoms with Crippen molar-refractivity contribution in [1.29, 1.82) is 0 Å². The molecule has 1 fully saturated rings. The van der Waals surface area contributed by atoms with Crippen molar-refractivity contribution in [2.75, 3.05) is 0 Å². The van der Waals surface area contributed by atoms with Crippen LogP contribution in [0.15, 0.2) is 0 Å². The second-order valence-electron chi connectivity index (χ2n) is 3.99. The molecule has 13 heavy (non-hydrogen) atoms. The number of hydrogen-bond acceptors (Lipinski definition) is 2. The molecule has 2 nitrogen and oxygen atoms in total. The van der Waals surface area contributed by atoms with Gasteiger partial charge in [0.15, 0.2) is 0 Å². The van der Waals surface area contributed by atoms with Crippen LogP contribution in [0.1, 0.15) is 20.8 Å². The van der Waals surface area contributed by atoms with E-state index in [1.807, 2.05) is 19.8 Å². The molecule has 1 unspecified atom stereocenters. The van der Waals surface area contributed by atoms with E-state index in [0.29, 0.717) is 10.2 Å². The monoisotopic (exact) mass is 352 g/mol. The van der Waals surface area contributed by atoms with Crippen LogP contribution in [-0.2, 0) is 44.4 Å². The van der Waals surface area contributed by atoms with E-state index in [0.717, 1.165) is 4.81 Å². The van der Waals surface area contributed by atoms with Gasteiger partial charge in [0.1, 0.15) is 0 Å². The Labute approximate surface area is 103 Å². The van der Waals surface area contributed by atoms with Gasteiger partial charge in [0.2, 0.25) is 0 Å². The van der Waals surface area contributed by atoms with Gasteiger partial charge in [-0.05, 0) is 0 Å². The van der Waals surface area contributed by atoms with Crippen molar-refractivity contribution in [3.63, 3.8) is 0 Å². The Bertz CT molecular complexity index is 182. The first-order valence-corrected chi connectivity index (χ1v) is 7.12. The van der Waals surface area contributed by atoms with Crippen molar-refractivity contribution < 1.29 is 49.5 Å². The Morgan fingerprint density at radius 1 is 1.46 bits per heavy atom. The molecule has 0 spiro atoms. The SMILES string of the molecule is C[C@H]1[C@@H]([Mo])[C@@H]([CH2][Mo])OC(C)(O)[C@@H]1C. The molecule has 0 radical (unpaired) electrons. The van der Waals surface area contributed by atoms with Crippen LogP contribution < -0.4 is 0 Å². The van der Waals surface area contributed by atoms with Crippen molar-refractivity contribution in [3.8, 4) is 0 Å². The zero-order valence-electron chi connectivity index (χ0n) is 8.19. The molecule has 0 saturated carbocycles. The van der Waals surface area contributed by atoms with Gasteiger partial charge in [-0.3, -0.25) is 0 Å². The van der Waals surface area contributed by atoms with Gasteiger partial charge in [-0.1, -0.05) is 0 Å². The van der Waals surface area contributed by atoms with Crippen molar-refractivity contribution in [3.05, 3.63) is 0 Å². The van der Waals surface area contributed by atoms with Gasteiger partial charge in [-0.15, -0.1) is 0 Å². The average Bonchev–Trinajstić information content (AvgIpc) is 2.08. The van der Waals surface area contributed by atoms with Crippen LogP contribution in [0, 0.1) is 11.8 Å². The molecule has 0 bridgehead atoms. The molecule has 0 amide bonds. The fraction of sp³-hybridized carbons (Fsp3) is 1.00. The predicted molar refractivity (Wildman–Crippen MR) is 42.4 cm³/mol. The van der Waals surface area contributed by atoms with Crippen molar-refractivity contribution in [2.24, 2.45) is 11.8 Å². The van der Waals surface area contributed by atoms with Gasteiger partial charge in [0.05, 0.1) is 0 Å². The Hall–Kier alpha value is 1.30. The van der Waals surface area contributed by atoms with Gasteiger partial charge in [-0.2, -0.15) is 0 Å². The van der Waals surface area contributed by atoms with Gasteiger partial charge in [0, 0.05) is 0 Å². The van der Waals surface area contributed by atoms with Crippen LogP contribution in [0.3, 0.4) is 0 Å². The zero-order chi connectivity index (χ0) is 10.2. The predicted octanol–water partition coefficient (Wildman–Crippen LogP) is 1.67. The summed E-state index contributed by atoms with van der Waals surface area (Å²) in [6, 6.07) is 0. The third-order valence-corrected chi connectivity index (χ3v) is 5.68. The van der Waals surface area contributed by atoms with Crippen molar-refractivity contribution >= 4 is 0 Å². The van der Waals surface area contributed by atoms with Gasteiger partial charge < -0.3 is 0 Å². The summed E-state index contributed by atoms with van der Waals surface area (Å²) in [5.41, 5.74) is 0. The van der Waals surface area contributed by atoms with E-state index in [1.165, 1.54) is 0 Å². The van der Waals surface area contributed by atoms with Gasteiger partial charge in [0.25, 0.3) is 0 Å². The molecular formula is C9H16Mo2O2. The summed E-state index contributed by atoms with van der Waals surface area (Å²) in [5.74, 6) is -0.190. The first kappa shape index (κ1) is 12.4. The number of aliphatic hydroxyl groups is 1. The molecule has 0 aromatic heterocycles. The minimum atomic E-state index is -0.935. The molecule has 0 aromatic carbocycles. The van der Waals surface area contributed by atoms with Crippen LogP contribution in [0.4, 0.5) is 0 Å². The standard InChI is InChI=1S/C9H16O2.2Mo/c1-6-5-7(2)11-9(4,10)8(6)3;;/h5-8,10H,2H2,1,3-4H3;;/t6-,7+,8+,9?;;/m0../s1. The van der Waals surface area contributed by atoms with E-state index in [2.05, 4.69) is 33.7 Å². The fourth-order valence-corrected chi connectivity index (χ4v) is 4.21. The van der Waals surface area contributed by atoms with E-state index >= 15 is 0 Å². The second kappa shape index (κ2) is 4.43.